The Kier molecular flexibility index (Phi) is 6.04. The summed E-state index contributed by atoms with van der Waals surface area (Å²) in [6.45, 7) is 0. The number of hydrogen-bond acceptors (Lipinski definition) is 0. The molecule has 1 atom stereocenters. The van der Waals surface area contributed by atoms with E-state index in [1.165, 1.54) is 5.56 Å². The van der Waals surface area contributed by atoms with Gasteiger partial charge in [-0.3, -0.25) is 0 Å². The molecule has 2 aromatic carbocycles. The van der Waals surface area contributed by atoms with E-state index in [0.717, 1.165) is 23.4 Å². The van der Waals surface area contributed by atoms with E-state index in [1.807, 2.05) is 36.4 Å². The molecule has 0 saturated heterocycles. The Bertz CT molecular complexity index is 580. The predicted octanol–water partition coefficient (Wildman–Crippen LogP) is 6.29. The average Bonchev–Trinajstić information content (AvgIpc) is 2.42. The Hall–Kier alpha value is -0.400. The van der Waals surface area contributed by atoms with Gasteiger partial charge in [0.05, 0.1) is 10.0 Å². The Morgan fingerprint density at radius 2 is 1.50 bits per heavy atom. The second kappa shape index (κ2) is 7.56. The highest BCUT2D eigenvalue weighted by atomic mass is 35.5. The Morgan fingerprint density at radius 3 is 2.10 bits per heavy atom. The summed E-state index contributed by atoms with van der Waals surface area (Å²) in [5.41, 5.74) is 2.34. The third kappa shape index (κ3) is 4.56. The van der Waals surface area contributed by atoms with E-state index >= 15 is 0 Å². The standard InChI is InChI=1S/C16H14Cl4/c17-10-13(6-11-2-1-3-14(18)8-11)7-12-4-5-15(19)16(20)9-12/h1-5,8-9,13H,6-7,10H2. The Morgan fingerprint density at radius 1 is 0.800 bits per heavy atom. The fourth-order valence-corrected chi connectivity index (χ4v) is 2.93. The second-order valence-electron chi connectivity index (χ2n) is 4.81. The minimum Gasteiger partial charge on any atom is -0.126 e. The van der Waals surface area contributed by atoms with E-state index in [4.69, 9.17) is 46.4 Å². The van der Waals surface area contributed by atoms with E-state index in [0.29, 0.717) is 21.8 Å². The molecule has 0 spiro atoms. The summed E-state index contributed by atoms with van der Waals surface area (Å²) < 4.78 is 0. The molecule has 0 heterocycles. The predicted molar refractivity (Wildman–Crippen MR) is 89.5 cm³/mol. The van der Waals surface area contributed by atoms with Crippen LogP contribution in [0.2, 0.25) is 15.1 Å². The molecule has 106 valence electrons. The summed E-state index contributed by atoms with van der Waals surface area (Å²) in [6, 6.07) is 13.6. The van der Waals surface area contributed by atoms with E-state index in [9.17, 15) is 0 Å². The summed E-state index contributed by atoms with van der Waals surface area (Å²) in [5, 5.41) is 1.92. The third-order valence-corrected chi connectivity index (χ3v) is 4.55. The van der Waals surface area contributed by atoms with Crippen LogP contribution < -0.4 is 0 Å². The van der Waals surface area contributed by atoms with Gasteiger partial charge in [0.25, 0.3) is 0 Å². The smallest absolute Gasteiger partial charge is 0.0595 e. The van der Waals surface area contributed by atoms with Crippen LogP contribution in [0.4, 0.5) is 0 Å². The SMILES string of the molecule is ClCC(Cc1cccc(Cl)c1)Cc1ccc(Cl)c(Cl)c1. The maximum atomic E-state index is 6.09. The van der Waals surface area contributed by atoms with Crippen molar-refractivity contribution in [2.24, 2.45) is 5.92 Å². The highest BCUT2D eigenvalue weighted by Crippen LogP contribution is 2.25. The lowest BCUT2D eigenvalue weighted by atomic mass is 9.94. The zero-order valence-corrected chi connectivity index (χ0v) is 13.8. The minimum atomic E-state index is 0.340. The van der Waals surface area contributed by atoms with Crippen molar-refractivity contribution in [3.8, 4) is 0 Å². The highest BCUT2D eigenvalue weighted by Gasteiger charge is 2.11. The van der Waals surface area contributed by atoms with Crippen LogP contribution in [0.25, 0.3) is 0 Å². The van der Waals surface area contributed by atoms with Crippen LogP contribution in [0.1, 0.15) is 11.1 Å². The maximum Gasteiger partial charge on any atom is 0.0595 e. The lowest BCUT2D eigenvalue weighted by molar-refractivity contribution is 0.584. The largest absolute Gasteiger partial charge is 0.126 e. The van der Waals surface area contributed by atoms with Crippen molar-refractivity contribution >= 4 is 46.4 Å². The van der Waals surface area contributed by atoms with Crippen molar-refractivity contribution < 1.29 is 0 Å². The molecule has 0 bridgehead atoms. The summed E-state index contributed by atoms with van der Waals surface area (Å²) in [4.78, 5) is 0. The topological polar surface area (TPSA) is 0 Å². The van der Waals surface area contributed by atoms with Crippen LogP contribution in [-0.4, -0.2) is 5.88 Å². The lowest BCUT2D eigenvalue weighted by Gasteiger charge is -2.14. The van der Waals surface area contributed by atoms with Gasteiger partial charge >= 0.3 is 0 Å². The highest BCUT2D eigenvalue weighted by molar-refractivity contribution is 6.42. The first kappa shape index (κ1) is 16.0. The molecule has 0 N–H and O–H groups in total. The van der Waals surface area contributed by atoms with Crippen molar-refractivity contribution in [2.45, 2.75) is 12.8 Å². The van der Waals surface area contributed by atoms with Crippen molar-refractivity contribution in [1.82, 2.24) is 0 Å². The molecule has 0 aromatic heterocycles. The summed E-state index contributed by atoms with van der Waals surface area (Å²) in [5.74, 6) is 0.930. The molecule has 2 aromatic rings. The minimum absolute atomic E-state index is 0.340. The van der Waals surface area contributed by atoms with Gasteiger partial charge in [0, 0.05) is 10.9 Å². The van der Waals surface area contributed by atoms with Crippen molar-refractivity contribution in [1.29, 1.82) is 0 Å². The first-order valence-electron chi connectivity index (χ1n) is 6.33. The lowest BCUT2D eigenvalue weighted by Crippen LogP contribution is -2.10. The molecular weight excluding hydrogens is 334 g/mol. The molecular formula is C16H14Cl4. The van der Waals surface area contributed by atoms with Gasteiger partial charge in [0.15, 0.2) is 0 Å². The molecule has 0 saturated carbocycles. The van der Waals surface area contributed by atoms with Gasteiger partial charge in [-0.2, -0.15) is 0 Å². The number of hydrogen-bond donors (Lipinski definition) is 0. The molecule has 0 nitrogen and oxygen atoms in total. The summed E-state index contributed by atoms with van der Waals surface area (Å²) in [7, 11) is 0. The van der Waals surface area contributed by atoms with E-state index in [2.05, 4.69) is 6.07 Å². The van der Waals surface area contributed by atoms with Gasteiger partial charge in [-0.25, -0.2) is 0 Å². The number of halogens is 4. The molecule has 2 rings (SSSR count). The third-order valence-electron chi connectivity index (χ3n) is 3.14. The molecule has 0 aliphatic carbocycles. The van der Waals surface area contributed by atoms with E-state index in [-0.39, 0.29) is 0 Å². The maximum absolute atomic E-state index is 6.09. The van der Waals surface area contributed by atoms with Gasteiger partial charge in [-0.05, 0) is 54.2 Å². The number of alkyl halides is 1. The molecule has 0 radical (unpaired) electrons. The van der Waals surface area contributed by atoms with E-state index < -0.39 is 0 Å². The quantitative estimate of drug-likeness (QED) is 0.557. The molecule has 4 heteroatoms. The van der Waals surface area contributed by atoms with Crippen LogP contribution in [0, 0.1) is 5.92 Å². The zero-order valence-electron chi connectivity index (χ0n) is 10.8. The van der Waals surface area contributed by atoms with Gasteiger partial charge in [0.1, 0.15) is 0 Å². The molecule has 0 aliphatic rings. The van der Waals surface area contributed by atoms with Gasteiger partial charge in [0.2, 0.25) is 0 Å². The molecule has 0 aliphatic heterocycles. The van der Waals surface area contributed by atoms with Crippen LogP contribution >= 0.6 is 46.4 Å². The normalized spacial score (nSPS) is 12.4. The first-order valence-corrected chi connectivity index (χ1v) is 7.99. The van der Waals surface area contributed by atoms with Crippen molar-refractivity contribution in [2.75, 3.05) is 5.88 Å². The zero-order chi connectivity index (χ0) is 14.5. The number of benzene rings is 2. The van der Waals surface area contributed by atoms with Gasteiger partial charge in [-0.15, -0.1) is 11.6 Å². The van der Waals surface area contributed by atoms with E-state index in [1.54, 1.807) is 0 Å². The monoisotopic (exact) mass is 346 g/mol. The van der Waals surface area contributed by atoms with Gasteiger partial charge < -0.3 is 0 Å². The van der Waals surface area contributed by atoms with Crippen molar-refractivity contribution in [3.05, 3.63) is 68.7 Å². The molecule has 0 fully saturated rings. The Balaban J connectivity index is 2.07. The van der Waals surface area contributed by atoms with Gasteiger partial charge in [-0.1, -0.05) is 53.0 Å². The van der Waals surface area contributed by atoms with Crippen LogP contribution in [0.3, 0.4) is 0 Å². The second-order valence-corrected chi connectivity index (χ2v) is 6.37. The fraction of sp³-hybridized carbons (Fsp3) is 0.250. The summed E-state index contributed by atoms with van der Waals surface area (Å²) >= 11 is 24.1. The van der Waals surface area contributed by atoms with Crippen molar-refractivity contribution in [3.63, 3.8) is 0 Å². The first-order chi connectivity index (χ1) is 9.58. The fourth-order valence-electron chi connectivity index (χ4n) is 2.18. The van der Waals surface area contributed by atoms with Crippen LogP contribution in [0.5, 0.6) is 0 Å². The molecule has 0 amide bonds. The molecule has 1 unspecified atom stereocenters. The van der Waals surface area contributed by atoms with Crippen LogP contribution in [-0.2, 0) is 12.8 Å². The summed E-state index contributed by atoms with van der Waals surface area (Å²) in [6.07, 6.45) is 1.76. The Labute approximate surface area is 139 Å². The molecule has 20 heavy (non-hydrogen) atoms. The average molecular weight is 348 g/mol. The number of rotatable bonds is 5. The van der Waals surface area contributed by atoms with Crippen LogP contribution in [0.15, 0.2) is 42.5 Å².